The summed E-state index contributed by atoms with van der Waals surface area (Å²) in [5.74, 6) is -0.288. The molecule has 0 N–H and O–H groups in total. The van der Waals surface area contributed by atoms with Gasteiger partial charge in [-0.25, -0.2) is 4.79 Å². The van der Waals surface area contributed by atoms with E-state index >= 15 is 0 Å². The highest BCUT2D eigenvalue weighted by Gasteiger charge is 2.08. The molecule has 0 fully saturated rings. The van der Waals surface area contributed by atoms with E-state index in [2.05, 4.69) is 0 Å². The fraction of sp³-hybridized carbons (Fsp3) is 0.182. The molecule has 0 atom stereocenters. The van der Waals surface area contributed by atoms with Crippen molar-refractivity contribution >= 4 is 39.0 Å². The van der Waals surface area contributed by atoms with Gasteiger partial charge in [-0.1, -0.05) is 17.7 Å². The highest BCUT2D eigenvalue weighted by Crippen LogP contribution is 2.30. The van der Waals surface area contributed by atoms with Gasteiger partial charge in [-0.15, -0.1) is 11.3 Å². The molecule has 0 aliphatic rings. The third-order valence-electron chi connectivity index (χ3n) is 2.00. The summed E-state index contributed by atoms with van der Waals surface area (Å²) in [6.45, 7) is 2.18. The Labute approximate surface area is 96.4 Å². The number of esters is 1. The first kappa shape index (κ1) is 10.5. The molecule has 78 valence electrons. The summed E-state index contributed by atoms with van der Waals surface area (Å²) in [6.07, 6.45) is 0. The third-order valence-corrected chi connectivity index (χ3v) is 3.23. The van der Waals surface area contributed by atoms with E-state index in [4.69, 9.17) is 16.3 Å². The van der Waals surface area contributed by atoms with Gasteiger partial charge in [-0.3, -0.25) is 0 Å². The second kappa shape index (κ2) is 4.21. The molecular weight excluding hydrogens is 232 g/mol. The van der Waals surface area contributed by atoms with E-state index in [1.807, 2.05) is 18.2 Å². The maximum absolute atomic E-state index is 11.4. The molecule has 15 heavy (non-hydrogen) atoms. The average molecular weight is 241 g/mol. The fourth-order valence-electron chi connectivity index (χ4n) is 1.34. The maximum Gasteiger partial charge on any atom is 0.338 e. The SMILES string of the molecule is CCOC(=O)c1ccc2cc(Cl)sc2c1. The van der Waals surface area contributed by atoms with Crippen LogP contribution in [0.1, 0.15) is 17.3 Å². The Bertz CT molecular complexity index is 504. The van der Waals surface area contributed by atoms with Gasteiger partial charge in [-0.05, 0) is 30.5 Å². The van der Waals surface area contributed by atoms with E-state index < -0.39 is 0 Å². The Morgan fingerprint density at radius 1 is 1.47 bits per heavy atom. The van der Waals surface area contributed by atoms with E-state index in [-0.39, 0.29) is 5.97 Å². The molecule has 1 heterocycles. The van der Waals surface area contributed by atoms with E-state index in [0.29, 0.717) is 12.2 Å². The summed E-state index contributed by atoms with van der Waals surface area (Å²) in [4.78, 5) is 11.4. The van der Waals surface area contributed by atoms with Gasteiger partial charge in [0, 0.05) is 4.70 Å². The average Bonchev–Trinajstić information content (AvgIpc) is 2.57. The third kappa shape index (κ3) is 2.13. The van der Waals surface area contributed by atoms with E-state index in [9.17, 15) is 4.79 Å². The predicted octanol–water partition coefficient (Wildman–Crippen LogP) is 3.73. The van der Waals surface area contributed by atoms with Gasteiger partial charge in [0.05, 0.1) is 16.5 Å². The van der Waals surface area contributed by atoms with E-state index in [1.54, 1.807) is 13.0 Å². The van der Waals surface area contributed by atoms with E-state index in [0.717, 1.165) is 14.4 Å². The highest BCUT2D eigenvalue weighted by atomic mass is 35.5. The van der Waals surface area contributed by atoms with Crippen molar-refractivity contribution in [1.82, 2.24) is 0 Å². The van der Waals surface area contributed by atoms with Crippen molar-refractivity contribution in [2.45, 2.75) is 6.92 Å². The van der Waals surface area contributed by atoms with Crippen LogP contribution in [0.4, 0.5) is 0 Å². The number of carbonyl (C=O) groups is 1. The summed E-state index contributed by atoms with van der Waals surface area (Å²) in [7, 11) is 0. The second-order valence-electron chi connectivity index (χ2n) is 3.02. The molecule has 0 saturated heterocycles. The molecule has 0 bridgehead atoms. The number of fused-ring (bicyclic) bond motifs is 1. The molecule has 0 saturated carbocycles. The van der Waals surface area contributed by atoms with Crippen molar-refractivity contribution < 1.29 is 9.53 Å². The lowest BCUT2D eigenvalue weighted by molar-refractivity contribution is 0.0526. The zero-order valence-electron chi connectivity index (χ0n) is 8.12. The van der Waals surface area contributed by atoms with Gasteiger partial charge in [-0.2, -0.15) is 0 Å². The normalized spacial score (nSPS) is 10.5. The smallest absolute Gasteiger partial charge is 0.338 e. The van der Waals surface area contributed by atoms with Gasteiger partial charge in [0.1, 0.15) is 0 Å². The minimum Gasteiger partial charge on any atom is -0.462 e. The number of hydrogen-bond donors (Lipinski definition) is 0. The topological polar surface area (TPSA) is 26.3 Å². The number of rotatable bonds is 2. The van der Waals surface area contributed by atoms with Crippen LogP contribution in [0, 0.1) is 0 Å². The second-order valence-corrected chi connectivity index (χ2v) is 4.74. The first-order valence-electron chi connectivity index (χ1n) is 4.57. The summed E-state index contributed by atoms with van der Waals surface area (Å²) in [6, 6.07) is 7.33. The Hall–Kier alpha value is -1.06. The lowest BCUT2D eigenvalue weighted by Crippen LogP contribution is -2.03. The number of carbonyl (C=O) groups excluding carboxylic acids is 1. The molecular formula is C11H9ClO2S. The van der Waals surface area contributed by atoms with Crippen LogP contribution < -0.4 is 0 Å². The Balaban J connectivity index is 2.41. The van der Waals surface area contributed by atoms with Gasteiger partial charge < -0.3 is 4.74 Å². The van der Waals surface area contributed by atoms with Crippen LogP contribution in [0.25, 0.3) is 10.1 Å². The fourth-order valence-corrected chi connectivity index (χ4v) is 2.53. The molecule has 0 radical (unpaired) electrons. The standard InChI is InChI=1S/C11H9ClO2S/c1-2-14-11(13)8-4-3-7-6-10(12)15-9(7)5-8/h3-6H,2H2,1H3. The Kier molecular flexibility index (Phi) is 2.93. The van der Waals surface area contributed by atoms with Gasteiger partial charge >= 0.3 is 5.97 Å². The van der Waals surface area contributed by atoms with Crippen LogP contribution in [0.3, 0.4) is 0 Å². The van der Waals surface area contributed by atoms with Crippen LogP contribution in [-0.2, 0) is 4.74 Å². The molecule has 4 heteroatoms. The lowest BCUT2D eigenvalue weighted by Gasteiger charge is -2.00. The molecule has 1 aromatic carbocycles. The number of halogens is 1. The molecule has 0 spiro atoms. The summed E-state index contributed by atoms with van der Waals surface area (Å²) < 4.78 is 6.65. The molecule has 0 aliphatic heterocycles. The minimum absolute atomic E-state index is 0.288. The quantitative estimate of drug-likeness (QED) is 0.748. The van der Waals surface area contributed by atoms with Crippen LogP contribution in [-0.4, -0.2) is 12.6 Å². The molecule has 0 unspecified atom stereocenters. The van der Waals surface area contributed by atoms with Gasteiger partial charge in [0.15, 0.2) is 0 Å². The lowest BCUT2D eigenvalue weighted by atomic mass is 10.2. The summed E-state index contributed by atoms with van der Waals surface area (Å²) in [5, 5.41) is 1.05. The first-order chi connectivity index (χ1) is 7.20. The molecule has 0 amide bonds. The predicted molar refractivity (Wildman–Crippen MR) is 62.8 cm³/mol. The molecule has 2 aromatic rings. The highest BCUT2D eigenvalue weighted by molar-refractivity contribution is 7.22. The van der Waals surface area contributed by atoms with Crippen LogP contribution in [0.5, 0.6) is 0 Å². The zero-order valence-corrected chi connectivity index (χ0v) is 9.69. The summed E-state index contributed by atoms with van der Waals surface area (Å²) >= 11 is 7.34. The molecule has 1 aromatic heterocycles. The van der Waals surface area contributed by atoms with E-state index in [1.165, 1.54) is 11.3 Å². The van der Waals surface area contributed by atoms with Crippen molar-refractivity contribution in [2.24, 2.45) is 0 Å². The van der Waals surface area contributed by atoms with Crippen molar-refractivity contribution in [3.8, 4) is 0 Å². The largest absolute Gasteiger partial charge is 0.462 e. The molecule has 0 aliphatic carbocycles. The van der Waals surface area contributed by atoms with Gasteiger partial charge in [0.2, 0.25) is 0 Å². The first-order valence-corrected chi connectivity index (χ1v) is 5.76. The van der Waals surface area contributed by atoms with Crippen molar-refractivity contribution in [1.29, 1.82) is 0 Å². The van der Waals surface area contributed by atoms with Gasteiger partial charge in [0.25, 0.3) is 0 Å². The molecule has 2 rings (SSSR count). The van der Waals surface area contributed by atoms with Crippen LogP contribution in [0.2, 0.25) is 4.34 Å². The monoisotopic (exact) mass is 240 g/mol. The summed E-state index contributed by atoms with van der Waals surface area (Å²) in [5.41, 5.74) is 0.572. The zero-order chi connectivity index (χ0) is 10.8. The number of hydrogen-bond acceptors (Lipinski definition) is 3. The van der Waals surface area contributed by atoms with Crippen LogP contribution >= 0.6 is 22.9 Å². The van der Waals surface area contributed by atoms with Crippen molar-refractivity contribution in [3.63, 3.8) is 0 Å². The minimum atomic E-state index is -0.288. The Morgan fingerprint density at radius 3 is 3.00 bits per heavy atom. The Morgan fingerprint density at radius 2 is 2.27 bits per heavy atom. The van der Waals surface area contributed by atoms with Crippen molar-refractivity contribution in [3.05, 3.63) is 34.2 Å². The number of benzene rings is 1. The number of thiophene rings is 1. The molecule has 2 nitrogen and oxygen atoms in total. The van der Waals surface area contributed by atoms with Crippen LogP contribution in [0.15, 0.2) is 24.3 Å². The maximum atomic E-state index is 11.4. The van der Waals surface area contributed by atoms with Crippen molar-refractivity contribution in [2.75, 3.05) is 6.61 Å². The number of ether oxygens (including phenoxy) is 1.